The highest BCUT2D eigenvalue weighted by Crippen LogP contribution is 2.26. The molecule has 8 heteroatoms. The van der Waals surface area contributed by atoms with Gasteiger partial charge in [0.2, 0.25) is 17.8 Å². The van der Waals surface area contributed by atoms with Crippen LogP contribution in [0.3, 0.4) is 0 Å². The number of benzene rings is 1. The van der Waals surface area contributed by atoms with Crippen LogP contribution in [0.1, 0.15) is 29.2 Å². The van der Waals surface area contributed by atoms with Gasteiger partial charge in [0.25, 0.3) is 0 Å². The summed E-state index contributed by atoms with van der Waals surface area (Å²) in [4.78, 5) is 39.9. The zero-order valence-corrected chi connectivity index (χ0v) is 17.5. The zero-order valence-electron chi connectivity index (χ0n) is 17.5. The van der Waals surface area contributed by atoms with E-state index in [1.54, 1.807) is 17.3 Å². The van der Waals surface area contributed by atoms with E-state index in [4.69, 9.17) is 0 Å². The lowest BCUT2D eigenvalue weighted by atomic mass is 10.1. The molecule has 1 aromatic carbocycles. The fourth-order valence-corrected chi connectivity index (χ4v) is 3.68. The highest BCUT2D eigenvalue weighted by atomic mass is 16.2. The van der Waals surface area contributed by atoms with Crippen molar-refractivity contribution in [2.24, 2.45) is 5.92 Å². The Bertz CT molecular complexity index is 1100. The van der Waals surface area contributed by atoms with Crippen LogP contribution < -0.4 is 10.2 Å². The molecule has 0 aliphatic carbocycles. The van der Waals surface area contributed by atoms with E-state index in [2.05, 4.69) is 20.3 Å². The predicted molar refractivity (Wildman–Crippen MR) is 114 cm³/mol. The van der Waals surface area contributed by atoms with Crippen LogP contribution in [-0.4, -0.2) is 37.9 Å². The van der Waals surface area contributed by atoms with Crippen LogP contribution >= 0.6 is 0 Å². The number of nitrogens with zero attached hydrogens (tertiary/aromatic N) is 5. The van der Waals surface area contributed by atoms with E-state index in [1.807, 2.05) is 56.5 Å². The maximum Gasteiger partial charge on any atom is 0.235 e. The first-order valence-corrected chi connectivity index (χ1v) is 9.86. The summed E-state index contributed by atoms with van der Waals surface area (Å²) in [5.74, 6) is 0.638. The summed E-state index contributed by atoms with van der Waals surface area (Å²) in [5.41, 5.74) is 4.34. The van der Waals surface area contributed by atoms with Crippen molar-refractivity contribution in [2.45, 2.75) is 34.1 Å². The van der Waals surface area contributed by atoms with Gasteiger partial charge in [-0.05, 0) is 39.8 Å². The molecule has 1 N–H and O–H groups in total. The molecule has 2 aromatic heterocycles. The largest absolute Gasteiger partial charge is 0.323 e. The first-order valence-electron chi connectivity index (χ1n) is 9.86. The van der Waals surface area contributed by atoms with E-state index < -0.39 is 5.92 Å². The Kier molecular flexibility index (Phi) is 5.07. The molecule has 1 aliphatic rings. The van der Waals surface area contributed by atoms with Crippen LogP contribution in [0, 0.1) is 33.6 Å². The minimum Gasteiger partial charge on any atom is -0.323 e. The van der Waals surface area contributed by atoms with E-state index in [0.717, 1.165) is 28.5 Å². The first-order chi connectivity index (χ1) is 14.3. The average molecular weight is 404 g/mol. The second-order valence-corrected chi connectivity index (χ2v) is 7.67. The van der Waals surface area contributed by atoms with Gasteiger partial charge in [-0.1, -0.05) is 17.7 Å². The number of hydrogen-bond donors (Lipinski definition) is 1. The summed E-state index contributed by atoms with van der Waals surface area (Å²) in [5, 5.41) is 2.83. The number of anilines is 2. The minimum atomic E-state index is -0.417. The Morgan fingerprint density at radius 3 is 2.33 bits per heavy atom. The number of aromatic nitrogens is 4. The van der Waals surface area contributed by atoms with E-state index in [0.29, 0.717) is 18.2 Å². The molecular weight excluding hydrogens is 380 g/mol. The number of rotatable bonds is 4. The quantitative estimate of drug-likeness (QED) is 0.722. The monoisotopic (exact) mass is 404 g/mol. The van der Waals surface area contributed by atoms with Crippen LogP contribution in [0.5, 0.6) is 0 Å². The van der Waals surface area contributed by atoms with Crippen LogP contribution in [-0.2, 0) is 9.59 Å². The van der Waals surface area contributed by atoms with E-state index in [-0.39, 0.29) is 18.2 Å². The van der Waals surface area contributed by atoms with Crippen molar-refractivity contribution in [2.75, 3.05) is 16.8 Å². The molecule has 0 radical (unpaired) electrons. The second kappa shape index (κ2) is 7.70. The van der Waals surface area contributed by atoms with Gasteiger partial charge in [0, 0.05) is 24.3 Å². The molecule has 3 aromatic rings. The number of amides is 2. The van der Waals surface area contributed by atoms with Gasteiger partial charge in [-0.3, -0.25) is 14.2 Å². The number of carbonyl (C=O) groups excluding carboxylic acids is 2. The maximum absolute atomic E-state index is 12.7. The van der Waals surface area contributed by atoms with E-state index >= 15 is 0 Å². The lowest BCUT2D eigenvalue weighted by molar-refractivity contribution is -0.122. The third-order valence-corrected chi connectivity index (χ3v) is 5.46. The molecule has 4 rings (SSSR count). The minimum absolute atomic E-state index is 0.0490. The van der Waals surface area contributed by atoms with Crippen LogP contribution in [0.4, 0.5) is 11.4 Å². The van der Waals surface area contributed by atoms with Crippen LogP contribution in [0.2, 0.25) is 0 Å². The molecular formula is C22H24N6O2. The molecule has 1 saturated heterocycles. The summed E-state index contributed by atoms with van der Waals surface area (Å²) >= 11 is 0. The van der Waals surface area contributed by atoms with Gasteiger partial charge in [-0.2, -0.15) is 0 Å². The molecule has 1 unspecified atom stereocenters. The summed E-state index contributed by atoms with van der Waals surface area (Å²) in [6, 6.07) is 7.73. The Morgan fingerprint density at radius 2 is 1.73 bits per heavy atom. The van der Waals surface area contributed by atoms with E-state index in [1.165, 1.54) is 0 Å². The molecule has 154 valence electrons. The standard InChI is InChI=1S/C22H24N6O2/c1-13-5-7-19(8-6-13)27-12-17(9-20(27)29)21(30)26-18-10-23-22(24-11-18)28-15(3)14(2)25-16(28)4/h5-8,10-11,17H,9,12H2,1-4H3,(H,26,30). The van der Waals surface area contributed by atoms with Gasteiger partial charge in [0.05, 0.1) is 29.7 Å². The average Bonchev–Trinajstić information content (AvgIpc) is 3.22. The number of carbonyl (C=O) groups is 2. The molecule has 0 spiro atoms. The molecule has 2 amide bonds. The molecule has 30 heavy (non-hydrogen) atoms. The molecule has 0 saturated carbocycles. The topological polar surface area (TPSA) is 93.0 Å². The zero-order chi connectivity index (χ0) is 21.4. The predicted octanol–water partition coefficient (Wildman–Crippen LogP) is 2.89. The Hall–Kier alpha value is -3.55. The number of aryl methyl sites for hydroxylation is 3. The summed E-state index contributed by atoms with van der Waals surface area (Å²) in [6.07, 6.45) is 3.33. The highest BCUT2D eigenvalue weighted by Gasteiger charge is 2.35. The molecule has 1 aliphatic heterocycles. The van der Waals surface area contributed by atoms with Crippen LogP contribution in [0.25, 0.3) is 5.95 Å². The van der Waals surface area contributed by atoms with Gasteiger partial charge >= 0.3 is 0 Å². The van der Waals surface area contributed by atoms with Crippen molar-refractivity contribution in [1.82, 2.24) is 19.5 Å². The summed E-state index contributed by atoms with van der Waals surface area (Å²) in [6.45, 7) is 8.16. The number of imidazole rings is 1. The number of nitrogens with one attached hydrogen (secondary N) is 1. The molecule has 1 fully saturated rings. The Balaban J connectivity index is 1.44. The van der Waals surface area contributed by atoms with Crippen molar-refractivity contribution < 1.29 is 9.59 Å². The smallest absolute Gasteiger partial charge is 0.235 e. The molecule has 0 bridgehead atoms. The van der Waals surface area contributed by atoms with Gasteiger partial charge in [-0.15, -0.1) is 0 Å². The van der Waals surface area contributed by atoms with Crippen molar-refractivity contribution in [3.63, 3.8) is 0 Å². The lowest BCUT2D eigenvalue weighted by Gasteiger charge is -2.17. The third kappa shape index (κ3) is 3.68. The summed E-state index contributed by atoms with van der Waals surface area (Å²) < 4.78 is 1.87. The molecule has 1 atom stereocenters. The van der Waals surface area contributed by atoms with Crippen molar-refractivity contribution in [1.29, 1.82) is 0 Å². The number of hydrogen-bond acceptors (Lipinski definition) is 5. The van der Waals surface area contributed by atoms with E-state index in [9.17, 15) is 9.59 Å². The molecule has 3 heterocycles. The Labute approximate surface area is 175 Å². The second-order valence-electron chi connectivity index (χ2n) is 7.67. The summed E-state index contributed by atoms with van der Waals surface area (Å²) in [7, 11) is 0. The van der Waals surface area contributed by atoms with Gasteiger partial charge in [0.15, 0.2) is 0 Å². The molecule has 8 nitrogen and oxygen atoms in total. The van der Waals surface area contributed by atoms with Crippen molar-refractivity contribution in [3.05, 3.63) is 59.4 Å². The highest BCUT2D eigenvalue weighted by molar-refractivity contribution is 6.03. The Morgan fingerprint density at radius 1 is 1.07 bits per heavy atom. The fraction of sp³-hybridized carbons (Fsp3) is 0.318. The lowest BCUT2D eigenvalue weighted by Crippen LogP contribution is -2.28. The van der Waals surface area contributed by atoms with Crippen molar-refractivity contribution >= 4 is 23.2 Å². The SMILES string of the molecule is Cc1ccc(N2CC(C(=O)Nc3cnc(-n4c(C)nc(C)c4C)nc3)CC2=O)cc1. The van der Waals surface area contributed by atoms with Gasteiger partial charge in [0.1, 0.15) is 5.82 Å². The van der Waals surface area contributed by atoms with Gasteiger partial charge < -0.3 is 10.2 Å². The van der Waals surface area contributed by atoms with Crippen molar-refractivity contribution in [3.8, 4) is 5.95 Å². The normalized spacial score (nSPS) is 16.2. The van der Waals surface area contributed by atoms with Crippen LogP contribution in [0.15, 0.2) is 36.7 Å². The third-order valence-electron chi connectivity index (χ3n) is 5.46. The first kappa shape index (κ1) is 19.8. The van der Waals surface area contributed by atoms with Gasteiger partial charge in [-0.25, -0.2) is 15.0 Å². The maximum atomic E-state index is 12.7. The fourth-order valence-electron chi connectivity index (χ4n) is 3.68.